The van der Waals surface area contributed by atoms with Crippen LogP contribution >= 0.6 is 11.6 Å². The van der Waals surface area contributed by atoms with Crippen molar-refractivity contribution in [1.29, 1.82) is 0 Å². The Morgan fingerprint density at radius 3 is 2.21 bits per heavy atom. The molecule has 0 radical (unpaired) electrons. The first kappa shape index (κ1) is 11.5. The molecular formula is C11H17ClN2. The van der Waals surface area contributed by atoms with E-state index in [1.165, 1.54) is 5.56 Å². The van der Waals surface area contributed by atoms with Gasteiger partial charge in [0.1, 0.15) is 0 Å². The topological polar surface area (TPSA) is 52.0 Å². The van der Waals surface area contributed by atoms with Gasteiger partial charge in [0, 0.05) is 16.6 Å². The summed E-state index contributed by atoms with van der Waals surface area (Å²) >= 11 is 5.78. The molecule has 0 aliphatic heterocycles. The SMILES string of the molecule is CC(C)(N)C(N)Cc1ccc(Cl)cc1. The Bertz CT molecular complexity index is 287. The van der Waals surface area contributed by atoms with E-state index in [0.717, 1.165) is 11.4 Å². The highest BCUT2D eigenvalue weighted by Crippen LogP contribution is 2.13. The molecule has 1 aromatic rings. The van der Waals surface area contributed by atoms with E-state index in [4.69, 9.17) is 23.1 Å². The molecule has 0 aliphatic carbocycles. The highest BCUT2D eigenvalue weighted by Gasteiger charge is 2.20. The van der Waals surface area contributed by atoms with Crippen molar-refractivity contribution in [1.82, 2.24) is 0 Å². The summed E-state index contributed by atoms with van der Waals surface area (Å²) < 4.78 is 0. The van der Waals surface area contributed by atoms with Crippen molar-refractivity contribution in [2.75, 3.05) is 0 Å². The minimum Gasteiger partial charge on any atom is -0.326 e. The van der Waals surface area contributed by atoms with Gasteiger partial charge in [-0.3, -0.25) is 0 Å². The molecule has 14 heavy (non-hydrogen) atoms. The average Bonchev–Trinajstić information content (AvgIpc) is 2.07. The van der Waals surface area contributed by atoms with Crippen LogP contribution in [0.5, 0.6) is 0 Å². The molecule has 0 heterocycles. The van der Waals surface area contributed by atoms with Crippen molar-refractivity contribution in [3.63, 3.8) is 0 Å². The van der Waals surface area contributed by atoms with E-state index in [9.17, 15) is 0 Å². The van der Waals surface area contributed by atoms with Crippen molar-refractivity contribution < 1.29 is 0 Å². The number of halogens is 1. The van der Waals surface area contributed by atoms with Gasteiger partial charge in [0.2, 0.25) is 0 Å². The van der Waals surface area contributed by atoms with Crippen molar-refractivity contribution in [3.05, 3.63) is 34.9 Å². The summed E-state index contributed by atoms with van der Waals surface area (Å²) in [5, 5.41) is 0.745. The van der Waals surface area contributed by atoms with Crippen molar-refractivity contribution in [2.24, 2.45) is 11.5 Å². The molecule has 1 atom stereocenters. The fourth-order valence-electron chi connectivity index (χ4n) is 1.14. The van der Waals surface area contributed by atoms with E-state index >= 15 is 0 Å². The van der Waals surface area contributed by atoms with E-state index in [1.54, 1.807) is 0 Å². The second kappa shape index (κ2) is 4.30. The van der Waals surface area contributed by atoms with Gasteiger partial charge in [-0.15, -0.1) is 0 Å². The highest BCUT2D eigenvalue weighted by atomic mass is 35.5. The minimum atomic E-state index is -0.348. The number of nitrogens with two attached hydrogens (primary N) is 2. The third-order valence-electron chi connectivity index (χ3n) is 2.32. The molecule has 2 nitrogen and oxygen atoms in total. The van der Waals surface area contributed by atoms with E-state index in [1.807, 2.05) is 38.1 Å². The smallest absolute Gasteiger partial charge is 0.0406 e. The summed E-state index contributed by atoms with van der Waals surface area (Å²) in [7, 11) is 0. The third-order valence-corrected chi connectivity index (χ3v) is 2.58. The standard InChI is InChI=1S/C11H17ClN2/c1-11(2,14)10(13)7-8-3-5-9(12)6-4-8/h3-6,10H,7,13-14H2,1-2H3. The number of benzene rings is 1. The van der Waals surface area contributed by atoms with Gasteiger partial charge < -0.3 is 11.5 Å². The van der Waals surface area contributed by atoms with Gasteiger partial charge in [-0.2, -0.15) is 0 Å². The zero-order valence-corrected chi connectivity index (χ0v) is 9.38. The van der Waals surface area contributed by atoms with Crippen LogP contribution < -0.4 is 11.5 Å². The number of hydrogen-bond acceptors (Lipinski definition) is 2. The lowest BCUT2D eigenvalue weighted by molar-refractivity contribution is 0.406. The Kier molecular flexibility index (Phi) is 3.53. The molecule has 0 aliphatic rings. The maximum Gasteiger partial charge on any atom is 0.0406 e. The van der Waals surface area contributed by atoms with Crippen LogP contribution in [0.15, 0.2) is 24.3 Å². The first-order valence-electron chi connectivity index (χ1n) is 4.68. The summed E-state index contributed by atoms with van der Waals surface area (Å²) in [5.41, 5.74) is 12.7. The van der Waals surface area contributed by atoms with Gasteiger partial charge in [0.25, 0.3) is 0 Å². The van der Waals surface area contributed by atoms with Gasteiger partial charge in [0.05, 0.1) is 0 Å². The molecule has 3 heteroatoms. The molecule has 0 fully saturated rings. The molecule has 4 N–H and O–H groups in total. The zero-order chi connectivity index (χ0) is 10.8. The molecule has 0 saturated heterocycles. The molecule has 0 bridgehead atoms. The lowest BCUT2D eigenvalue weighted by Crippen LogP contribution is -2.51. The van der Waals surface area contributed by atoms with Crippen LogP contribution in [0.4, 0.5) is 0 Å². The lowest BCUT2D eigenvalue weighted by atomic mass is 9.91. The summed E-state index contributed by atoms with van der Waals surface area (Å²) in [6, 6.07) is 7.66. The van der Waals surface area contributed by atoms with Gasteiger partial charge in [-0.1, -0.05) is 23.7 Å². The Morgan fingerprint density at radius 1 is 1.29 bits per heavy atom. The van der Waals surface area contributed by atoms with Crippen LogP contribution in [0.25, 0.3) is 0 Å². The third kappa shape index (κ3) is 3.29. The summed E-state index contributed by atoms with van der Waals surface area (Å²) in [6.07, 6.45) is 0.778. The average molecular weight is 213 g/mol. The quantitative estimate of drug-likeness (QED) is 0.805. The summed E-state index contributed by atoms with van der Waals surface area (Å²) in [4.78, 5) is 0. The molecule has 1 rings (SSSR count). The Morgan fingerprint density at radius 2 is 1.79 bits per heavy atom. The fraction of sp³-hybridized carbons (Fsp3) is 0.455. The molecular weight excluding hydrogens is 196 g/mol. The van der Waals surface area contributed by atoms with Crippen molar-refractivity contribution in [2.45, 2.75) is 31.8 Å². The summed E-state index contributed by atoms with van der Waals surface area (Å²) in [6.45, 7) is 3.88. The Hall–Kier alpha value is -0.570. The van der Waals surface area contributed by atoms with E-state index < -0.39 is 0 Å². The highest BCUT2D eigenvalue weighted by molar-refractivity contribution is 6.30. The monoisotopic (exact) mass is 212 g/mol. The molecule has 1 aromatic carbocycles. The fourth-order valence-corrected chi connectivity index (χ4v) is 1.26. The maximum absolute atomic E-state index is 5.96. The first-order valence-corrected chi connectivity index (χ1v) is 5.06. The van der Waals surface area contributed by atoms with E-state index in [-0.39, 0.29) is 11.6 Å². The first-order chi connectivity index (χ1) is 6.39. The van der Waals surface area contributed by atoms with Crippen LogP contribution in [0.2, 0.25) is 5.02 Å². The van der Waals surface area contributed by atoms with Crippen molar-refractivity contribution >= 4 is 11.6 Å². The molecule has 0 aromatic heterocycles. The van der Waals surface area contributed by atoms with Gasteiger partial charge >= 0.3 is 0 Å². The number of hydrogen-bond donors (Lipinski definition) is 2. The Balaban J connectivity index is 2.65. The molecule has 0 saturated carbocycles. The van der Waals surface area contributed by atoms with Gasteiger partial charge in [0.15, 0.2) is 0 Å². The van der Waals surface area contributed by atoms with E-state index in [0.29, 0.717) is 0 Å². The lowest BCUT2D eigenvalue weighted by Gasteiger charge is -2.27. The normalized spacial score (nSPS) is 14.1. The van der Waals surface area contributed by atoms with Crippen molar-refractivity contribution in [3.8, 4) is 0 Å². The second-order valence-corrected chi connectivity index (χ2v) is 4.69. The maximum atomic E-state index is 5.96. The van der Waals surface area contributed by atoms with Crippen LogP contribution in [0, 0.1) is 0 Å². The van der Waals surface area contributed by atoms with Crippen LogP contribution in [0.1, 0.15) is 19.4 Å². The minimum absolute atomic E-state index is 0.0383. The van der Waals surface area contributed by atoms with Gasteiger partial charge in [-0.25, -0.2) is 0 Å². The predicted molar refractivity (Wildman–Crippen MR) is 61.4 cm³/mol. The molecule has 1 unspecified atom stereocenters. The molecule has 0 spiro atoms. The van der Waals surface area contributed by atoms with Crippen LogP contribution in [-0.2, 0) is 6.42 Å². The van der Waals surface area contributed by atoms with Gasteiger partial charge in [-0.05, 0) is 38.0 Å². The summed E-state index contributed by atoms with van der Waals surface area (Å²) in [5.74, 6) is 0. The predicted octanol–water partition coefficient (Wildman–Crippen LogP) is 1.95. The van der Waals surface area contributed by atoms with Crippen LogP contribution in [-0.4, -0.2) is 11.6 Å². The number of rotatable bonds is 3. The van der Waals surface area contributed by atoms with E-state index in [2.05, 4.69) is 0 Å². The van der Waals surface area contributed by atoms with Crippen LogP contribution in [0.3, 0.4) is 0 Å². The molecule has 78 valence electrons. The zero-order valence-electron chi connectivity index (χ0n) is 8.63. The largest absolute Gasteiger partial charge is 0.326 e. The Labute approximate surface area is 90.2 Å². The second-order valence-electron chi connectivity index (χ2n) is 4.26. The molecule has 0 amide bonds.